The Morgan fingerprint density at radius 1 is 1.39 bits per heavy atom. The molecule has 0 radical (unpaired) electrons. The predicted octanol–water partition coefficient (Wildman–Crippen LogP) is -0.798. The van der Waals surface area contributed by atoms with Gasteiger partial charge in [-0.15, -0.1) is 11.3 Å². The maximum atomic E-state index is 12.6. The number of hydrogen-bond acceptors (Lipinski definition) is 6. The van der Waals surface area contributed by atoms with Gasteiger partial charge in [-0.1, -0.05) is 6.92 Å². The SMILES string of the molecule is CCCn1c(N)c(-c2csc(C[NH+](C)CC(=O)NC(C)C)n2)c(=O)n(C)c1=O. The summed E-state index contributed by atoms with van der Waals surface area (Å²) in [5.74, 6) is 0.123. The van der Waals surface area contributed by atoms with Crippen molar-refractivity contribution in [3.63, 3.8) is 0 Å². The molecule has 0 aliphatic carbocycles. The predicted molar refractivity (Wildman–Crippen MR) is 110 cm³/mol. The normalized spacial score (nSPS) is 12.4. The summed E-state index contributed by atoms with van der Waals surface area (Å²) in [5.41, 5.74) is 5.97. The van der Waals surface area contributed by atoms with Gasteiger partial charge in [0.2, 0.25) is 0 Å². The Hall–Kier alpha value is -2.46. The summed E-state index contributed by atoms with van der Waals surface area (Å²) in [6.07, 6.45) is 0.719. The lowest BCUT2D eigenvalue weighted by Gasteiger charge is -2.14. The van der Waals surface area contributed by atoms with Gasteiger partial charge in [0, 0.05) is 25.0 Å². The molecule has 0 spiro atoms. The third-order valence-electron chi connectivity index (χ3n) is 4.20. The Kier molecular flexibility index (Phi) is 7.14. The van der Waals surface area contributed by atoms with Gasteiger partial charge in [-0.05, 0) is 20.3 Å². The minimum Gasteiger partial charge on any atom is -0.384 e. The van der Waals surface area contributed by atoms with E-state index in [1.807, 2.05) is 27.8 Å². The van der Waals surface area contributed by atoms with Crippen molar-refractivity contribution in [1.29, 1.82) is 0 Å². The van der Waals surface area contributed by atoms with Crippen LogP contribution in [0.4, 0.5) is 5.82 Å². The number of carbonyl (C=O) groups excluding carboxylic acids is 1. The van der Waals surface area contributed by atoms with Crippen LogP contribution in [0.25, 0.3) is 11.3 Å². The molecular weight excluding hydrogens is 380 g/mol. The minimum atomic E-state index is -0.455. The van der Waals surface area contributed by atoms with Crippen molar-refractivity contribution in [3.05, 3.63) is 31.2 Å². The molecular formula is C18H29N6O3S+. The molecule has 2 aromatic rings. The highest BCUT2D eigenvalue weighted by Crippen LogP contribution is 2.23. The van der Waals surface area contributed by atoms with Crippen LogP contribution in [0.1, 0.15) is 32.2 Å². The molecule has 28 heavy (non-hydrogen) atoms. The lowest BCUT2D eigenvalue weighted by atomic mass is 10.2. The van der Waals surface area contributed by atoms with E-state index in [1.54, 1.807) is 5.38 Å². The molecule has 9 nitrogen and oxygen atoms in total. The van der Waals surface area contributed by atoms with Crippen molar-refractivity contribution in [2.75, 3.05) is 19.3 Å². The first-order valence-corrected chi connectivity index (χ1v) is 10.2. The molecule has 2 rings (SSSR count). The van der Waals surface area contributed by atoms with Crippen molar-refractivity contribution in [1.82, 2.24) is 19.4 Å². The third kappa shape index (κ3) is 4.87. The maximum Gasteiger partial charge on any atom is 0.332 e. The second-order valence-electron chi connectivity index (χ2n) is 7.22. The van der Waals surface area contributed by atoms with Gasteiger partial charge >= 0.3 is 5.69 Å². The highest BCUT2D eigenvalue weighted by Gasteiger charge is 2.20. The Morgan fingerprint density at radius 3 is 2.68 bits per heavy atom. The molecule has 10 heteroatoms. The fraction of sp³-hybridized carbons (Fsp3) is 0.556. The van der Waals surface area contributed by atoms with Crippen LogP contribution < -0.4 is 27.2 Å². The van der Waals surface area contributed by atoms with Crippen molar-refractivity contribution in [3.8, 4) is 11.3 Å². The number of nitrogens with one attached hydrogen (secondary N) is 2. The minimum absolute atomic E-state index is 0.0194. The molecule has 0 bridgehead atoms. The lowest BCUT2D eigenvalue weighted by molar-refractivity contribution is -0.885. The van der Waals surface area contributed by atoms with Crippen LogP contribution in [-0.2, 0) is 24.9 Å². The number of rotatable bonds is 8. The zero-order valence-electron chi connectivity index (χ0n) is 17.0. The smallest absolute Gasteiger partial charge is 0.332 e. The van der Waals surface area contributed by atoms with Crippen molar-refractivity contribution in [2.24, 2.45) is 7.05 Å². The average Bonchev–Trinajstić information content (AvgIpc) is 3.04. The molecule has 0 aromatic carbocycles. The number of hydrogen-bond donors (Lipinski definition) is 3. The number of nitrogen functional groups attached to an aromatic ring is 1. The van der Waals surface area contributed by atoms with E-state index in [-0.39, 0.29) is 23.3 Å². The molecule has 2 heterocycles. The van der Waals surface area contributed by atoms with E-state index in [1.165, 1.54) is 23.0 Å². The molecule has 0 aliphatic heterocycles. The summed E-state index contributed by atoms with van der Waals surface area (Å²) in [4.78, 5) is 42.3. The van der Waals surface area contributed by atoms with E-state index >= 15 is 0 Å². The first-order valence-electron chi connectivity index (χ1n) is 9.30. The monoisotopic (exact) mass is 409 g/mol. The van der Waals surface area contributed by atoms with E-state index in [0.29, 0.717) is 25.3 Å². The van der Waals surface area contributed by atoms with Crippen LogP contribution in [0.3, 0.4) is 0 Å². The summed E-state index contributed by atoms with van der Waals surface area (Å²) < 4.78 is 2.47. The number of quaternary nitrogens is 1. The van der Waals surface area contributed by atoms with Crippen LogP contribution in [-0.4, -0.2) is 39.7 Å². The van der Waals surface area contributed by atoms with Gasteiger partial charge in [0.15, 0.2) is 6.54 Å². The van der Waals surface area contributed by atoms with Crippen LogP contribution in [0.5, 0.6) is 0 Å². The van der Waals surface area contributed by atoms with Crippen LogP contribution in [0.2, 0.25) is 0 Å². The first kappa shape index (κ1) is 21.8. The quantitative estimate of drug-likeness (QED) is 0.528. The Labute approximate surface area is 167 Å². The van der Waals surface area contributed by atoms with Crippen LogP contribution in [0, 0.1) is 0 Å². The molecule has 4 N–H and O–H groups in total. The van der Waals surface area contributed by atoms with E-state index in [9.17, 15) is 14.4 Å². The van der Waals surface area contributed by atoms with E-state index in [4.69, 9.17) is 5.73 Å². The van der Waals surface area contributed by atoms with Gasteiger partial charge in [-0.3, -0.25) is 18.7 Å². The zero-order chi connectivity index (χ0) is 21.0. The number of amides is 1. The van der Waals surface area contributed by atoms with Gasteiger partial charge in [0.1, 0.15) is 22.9 Å². The standard InChI is InChI=1S/C18H28N6O3S/c1-6-7-24-16(19)15(17(26)23(5)18(24)27)12-10-28-14(21-12)9-22(4)8-13(25)20-11(2)3/h10-11H,6-9,19H2,1-5H3,(H,20,25)/p+1. The first-order chi connectivity index (χ1) is 13.1. The average molecular weight is 410 g/mol. The fourth-order valence-corrected chi connectivity index (χ4v) is 3.84. The number of anilines is 1. The summed E-state index contributed by atoms with van der Waals surface area (Å²) in [7, 11) is 3.36. The van der Waals surface area contributed by atoms with E-state index in [2.05, 4.69) is 10.3 Å². The molecule has 1 unspecified atom stereocenters. The maximum absolute atomic E-state index is 12.6. The molecule has 2 aromatic heterocycles. The summed E-state index contributed by atoms with van der Waals surface area (Å²) in [6, 6.07) is 0.102. The van der Waals surface area contributed by atoms with Gasteiger partial charge in [0.05, 0.1) is 12.7 Å². The molecule has 0 aliphatic rings. The van der Waals surface area contributed by atoms with Crippen LogP contribution >= 0.6 is 11.3 Å². The molecule has 0 saturated carbocycles. The molecule has 1 amide bonds. The largest absolute Gasteiger partial charge is 0.384 e. The molecule has 154 valence electrons. The highest BCUT2D eigenvalue weighted by molar-refractivity contribution is 7.09. The number of aromatic nitrogens is 3. The number of thiazole rings is 1. The Morgan fingerprint density at radius 2 is 2.07 bits per heavy atom. The van der Waals surface area contributed by atoms with Crippen LogP contribution in [0.15, 0.2) is 15.0 Å². The molecule has 1 atom stereocenters. The fourth-order valence-electron chi connectivity index (χ4n) is 2.94. The van der Waals surface area contributed by atoms with E-state index in [0.717, 1.165) is 20.9 Å². The number of likely N-dealkylation sites (N-methyl/N-ethyl adjacent to an activating group) is 1. The third-order valence-corrected chi connectivity index (χ3v) is 5.05. The number of nitrogens with zero attached hydrogens (tertiary/aromatic N) is 3. The summed E-state index contributed by atoms with van der Waals surface area (Å²) in [6.45, 7) is 7.09. The zero-order valence-corrected chi connectivity index (χ0v) is 17.9. The van der Waals surface area contributed by atoms with E-state index < -0.39 is 11.2 Å². The second-order valence-corrected chi connectivity index (χ2v) is 8.16. The van der Waals surface area contributed by atoms with Gasteiger partial charge in [-0.25, -0.2) is 9.78 Å². The summed E-state index contributed by atoms with van der Waals surface area (Å²) >= 11 is 1.41. The topological polar surface area (TPSA) is 116 Å². The number of carbonyl (C=O) groups is 1. The van der Waals surface area contributed by atoms with Crippen molar-refractivity contribution >= 4 is 23.1 Å². The van der Waals surface area contributed by atoms with Gasteiger partial charge in [-0.2, -0.15) is 0 Å². The number of nitrogens with two attached hydrogens (primary N) is 1. The Bertz CT molecular complexity index is 959. The van der Waals surface area contributed by atoms with Crippen molar-refractivity contribution < 1.29 is 9.69 Å². The summed E-state index contributed by atoms with van der Waals surface area (Å²) in [5, 5.41) is 5.43. The van der Waals surface area contributed by atoms with Gasteiger partial charge < -0.3 is 16.0 Å². The molecule has 0 saturated heterocycles. The second kappa shape index (κ2) is 9.16. The Balaban J connectivity index is 2.28. The lowest BCUT2D eigenvalue weighted by Crippen LogP contribution is -3.09. The molecule has 0 fully saturated rings. The van der Waals surface area contributed by atoms with Gasteiger partial charge in [0.25, 0.3) is 11.5 Å². The highest BCUT2D eigenvalue weighted by atomic mass is 32.1. The van der Waals surface area contributed by atoms with Crippen molar-refractivity contribution in [2.45, 2.75) is 46.3 Å².